The lowest BCUT2D eigenvalue weighted by Crippen LogP contribution is -2.20. The molecule has 0 bridgehead atoms. The standard InChI is InChI=1S/C8H8N2O4/c9-8(12)7(11)5-1-3-6(4-2-5)10(13)14/h1-4,7,11H,(H2,9,12). The molecular weight excluding hydrogens is 188 g/mol. The van der Waals surface area contributed by atoms with Gasteiger partial charge in [0.2, 0.25) is 0 Å². The molecule has 74 valence electrons. The molecule has 0 heterocycles. The molecule has 0 aliphatic rings. The molecule has 14 heavy (non-hydrogen) atoms. The molecule has 0 aromatic heterocycles. The smallest absolute Gasteiger partial charge is 0.269 e. The zero-order chi connectivity index (χ0) is 10.7. The van der Waals surface area contributed by atoms with Crippen LogP contribution in [-0.4, -0.2) is 15.9 Å². The van der Waals surface area contributed by atoms with Gasteiger partial charge in [-0.15, -0.1) is 0 Å². The molecule has 1 rings (SSSR count). The van der Waals surface area contributed by atoms with Gasteiger partial charge in [0.25, 0.3) is 11.6 Å². The molecule has 0 saturated heterocycles. The molecule has 6 nitrogen and oxygen atoms in total. The van der Waals surface area contributed by atoms with Crippen LogP contribution in [-0.2, 0) is 4.79 Å². The van der Waals surface area contributed by atoms with Crippen molar-refractivity contribution in [2.45, 2.75) is 6.10 Å². The third-order valence-corrected chi connectivity index (χ3v) is 1.69. The molecule has 1 amide bonds. The summed E-state index contributed by atoms with van der Waals surface area (Å²) in [5.41, 5.74) is 4.98. The van der Waals surface area contributed by atoms with Crippen molar-refractivity contribution in [3.63, 3.8) is 0 Å². The number of rotatable bonds is 3. The van der Waals surface area contributed by atoms with Crippen LogP contribution in [0.4, 0.5) is 5.69 Å². The lowest BCUT2D eigenvalue weighted by atomic mass is 10.1. The number of nitrogens with zero attached hydrogens (tertiary/aromatic N) is 1. The largest absolute Gasteiger partial charge is 0.378 e. The van der Waals surface area contributed by atoms with Crippen molar-refractivity contribution in [1.29, 1.82) is 0 Å². The predicted molar refractivity (Wildman–Crippen MR) is 47.3 cm³/mol. The Labute approximate surface area is 79.1 Å². The van der Waals surface area contributed by atoms with Crippen LogP contribution in [0.1, 0.15) is 11.7 Å². The van der Waals surface area contributed by atoms with E-state index in [4.69, 9.17) is 5.73 Å². The minimum Gasteiger partial charge on any atom is -0.378 e. The topological polar surface area (TPSA) is 106 Å². The van der Waals surface area contributed by atoms with Crippen molar-refractivity contribution in [2.75, 3.05) is 0 Å². The number of carbonyl (C=O) groups is 1. The number of benzene rings is 1. The number of amides is 1. The van der Waals surface area contributed by atoms with Gasteiger partial charge in [0.05, 0.1) is 4.92 Å². The summed E-state index contributed by atoms with van der Waals surface area (Å²) in [5.74, 6) is -0.890. The Bertz CT molecular complexity index is 360. The molecule has 0 aliphatic heterocycles. The van der Waals surface area contributed by atoms with Crippen molar-refractivity contribution >= 4 is 11.6 Å². The third kappa shape index (κ3) is 2.05. The molecule has 1 aromatic carbocycles. The Morgan fingerprint density at radius 1 is 1.43 bits per heavy atom. The first-order chi connectivity index (χ1) is 6.52. The Morgan fingerprint density at radius 3 is 2.29 bits per heavy atom. The third-order valence-electron chi connectivity index (χ3n) is 1.69. The number of primary amides is 1. The van der Waals surface area contributed by atoms with Gasteiger partial charge in [-0.1, -0.05) is 0 Å². The minimum absolute atomic E-state index is 0.106. The maximum Gasteiger partial charge on any atom is 0.269 e. The number of aliphatic hydroxyl groups is 1. The van der Waals surface area contributed by atoms with E-state index in [1.807, 2.05) is 0 Å². The van der Waals surface area contributed by atoms with Crippen LogP contribution in [0.5, 0.6) is 0 Å². The van der Waals surface area contributed by atoms with E-state index in [2.05, 4.69) is 0 Å². The average molecular weight is 196 g/mol. The summed E-state index contributed by atoms with van der Waals surface area (Å²) in [6.07, 6.45) is -1.42. The molecule has 0 spiro atoms. The van der Waals surface area contributed by atoms with Crippen molar-refractivity contribution < 1.29 is 14.8 Å². The first-order valence-electron chi connectivity index (χ1n) is 3.74. The number of hydrogen-bond donors (Lipinski definition) is 2. The van der Waals surface area contributed by atoms with Crippen LogP contribution in [0.15, 0.2) is 24.3 Å². The second kappa shape index (κ2) is 3.84. The first kappa shape index (κ1) is 10.1. The average Bonchev–Trinajstić information content (AvgIpc) is 2.16. The molecule has 0 saturated carbocycles. The fourth-order valence-electron chi connectivity index (χ4n) is 0.943. The molecule has 6 heteroatoms. The number of aliphatic hydroxyl groups excluding tert-OH is 1. The summed E-state index contributed by atoms with van der Waals surface area (Å²) in [5, 5.41) is 19.5. The highest BCUT2D eigenvalue weighted by atomic mass is 16.6. The maximum absolute atomic E-state index is 10.6. The van der Waals surface area contributed by atoms with E-state index < -0.39 is 16.9 Å². The Hall–Kier alpha value is -1.95. The SMILES string of the molecule is NC(=O)C(O)c1ccc([N+](=O)[O-])cc1. The van der Waals surface area contributed by atoms with Crippen LogP contribution in [0.3, 0.4) is 0 Å². The Morgan fingerprint density at radius 2 is 1.93 bits per heavy atom. The van der Waals surface area contributed by atoms with E-state index in [1.165, 1.54) is 24.3 Å². The molecule has 0 radical (unpaired) electrons. The lowest BCUT2D eigenvalue weighted by Gasteiger charge is -2.05. The fourth-order valence-corrected chi connectivity index (χ4v) is 0.943. The van der Waals surface area contributed by atoms with Gasteiger partial charge in [0, 0.05) is 12.1 Å². The van der Waals surface area contributed by atoms with E-state index in [0.717, 1.165) is 0 Å². The van der Waals surface area contributed by atoms with Gasteiger partial charge >= 0.3 is 0 Å². The second-order valence-corrected chi connectivity index (χ2v) is 2.65. The monoisotopic (exact) mass is 196 g/mol. The van der Waals surface area contributed by atoms with Crippen molar-refractivity contribution in [2.24, 2.45) is 5.73 Å². The first-order valence-corrected chi connectivity index (χ1v) is 3.74. The number of nitro groups is 1. The van der Waals surface area contributed by atoms with Crippen molar-refractivity contribution in [3.05, 3.63) is 39.9 Å². The summed E-state index contributed by atoms with van der Waals surface area (Å²) >= 11 is 0. The summed E-state index contributed by atoms with van der Waals surface area (Å²) in [4.78, 5) is 20.3. The molecule has 1 aromatic rings. The Kier molecular flexibility index (Phi) is 2.78. The highest BCUT2D eigenvalue weighted by Gasteiger charge is 2.14. The van der Waals surface area contributed by atoms with Gasteiger partial charge in [-0.3, -0.25) is 14.9 Å². The van der Waals surface area contributed by atoms with Crippen LogP contribution < -0.4 is 5.73 Å². The minimum atomic E-state index is -1.42. The maximum atomic E-state index is 10.6. The highest BCUT2D eigenvalue weighted by molar-refractivity contribution is 5.80. The molecular formula is C8H8N2O4. The molecule has 0 aliphatic carbocycles. The quantitative estimate of drug-likeness (QED) is 0.528. The van der Waals surface area contributed by atoms with Crippen LogP contribution in [0.2, 0.25) is 0 Å². The van der Waals surface area contributed by atoms with Crippen molar-refractivity contribution in [3.8, 4) is 0 Å². The number of carbonyl (C=O) groups excluding carboxylic acids is 1. The van der Waals surface area contributed by atoms with E-state index in [-0.39, 0.29) is 11.3 Å². The van der Waals surface area contributed by atoms with Crippen LogP contribution in [0.25, 0.3) is 0 Å². The molecule has 0 fully saturated rings. The predicted octanol–water partition coefficient (Wildman–Crippen LogP) is 0.114. The van der Waals surface area contributed by atoms with Crippen LogP contribution >= 0.6 is 0 Å². The summed E-state index contributed by atoms with van der Waals surface area (Å²) in [6, 6.07) is 4.96. The normalized spacial score (nSPS) is 12.1. The van der Waals surface area contributed by atoms with Crippen LogP contribution in [0, 0.1) is 10.1 Å². The summed E-state index contributed by atoms with van der Waals surface area (Å²) < 4.78 is 0. The number of hydrogen-bond acceptors (Lipinski definition) is 4. The molecule has 3 N–H and O–H groups in total. The zero-order valence-corrected chi connectivity index (χ0v) is 7.08. The van der Waals surface area contributed by atoms with E-state index in [0.29, 0.717) is 0 Å². The van der Waals surface area contributed by atoms with E-state index in [9.17, 15) is 20.0 Å². The van der Waals surface area contributed by atoms with Crippen molar-refractivity contribution in [1.82, 2.24) is 0 Å². The highest BCUT2D eigenvalue weighted by Crippen LogP contribution is 2.17. The number of nitrogens with two attached hydrogens (primary N) is 1. The molecule has 1 atom stereocenters. The lowest BCUT2D eigenvalue weighted by molar-refractivity contribution is -0.384. The number of nitro benzene ring substituents is 1. The second-order valence-electron chi connectivity index (χ2n) is 2.65. The van der Waals surface area contributed by atoms with E-state index >= 15 is 0 Å². The fraction of sp³-hybridized carbons (Fsp3) is 0.125. The van der Waals surface area contributed by atoms with Gasteiger partial charge in [-0.2, -0.15) is 0 Å². The Balaban J connectivity index is 2.94. The zero-order valence-electron chi connectivity index (χ0n) is 7.08. The van der Waals surface area contributed by atoms with Gasteiger partial charge < -0.3 is 10.8 Å². The summed E-state index contributed by atoms with van der Waals surface area (Å²) in [6.45, 7) is 0. The van der Waals surface area contributed by atoms with E-state index in [1.54, 1.807) is 0 Å². The van der Waals surface area contributed by atoms with Gasteiger partial charge in [0.15, 0.2) is 6.10 Å². The molecule has 1 unspecified atom stereocenters. The summed E-state index contributed by atoms with van der Waals surface area (Å²) in [7, 11) is 0. The van der Waals surface area contributed by atoms with Gasteiger partial charge in [-0.05, 0) is 17.7 Å². The van der Waals surface area contributed by atoms with Gasteiger partial charge in [0.1, 0.15) is 0 Å². The number of non-ortho nitro benzene ring substituents is 1. The van der Waals surface area contributed by atoms with Gasteiger partial charge in [-0.25, -0.2) is 0 Å².